The van der Waals surface area contributed by atoms with Gasteiger partial charge < -0.3 is 5.11 Å². The predicted octanol–water partition coefficient (Wildman–Crippen LogP) is 3.32. The fraction of sp³-hybridized carbons (Fsp3) is 0.286. The summed E-state index contributed by atoms with van der Waals surface area (Å²) in [5, 5.41) is 13.0. The number of aliphatic hydroxyl groups is 1. The van der Waals surface area contributed by atoms with Crippen LogP contribution in [0.3, 0.4) is 0 Å². The second-order valence-corrected chi connectivity index (χ2v) is 5.27. The second-order valence-electron chi connectivity index (χ2n) is 4.35. The number of fused-ring (bicyclic) bond motifs is 1. The van der Waals surface area contributed by atoms with Crippen LogP contribution in [0, 0.1) is 0 Å². The molecule has 3 rings (SSSR count). The van der Waals surface area contributed by atoms with E-state index in [0.717, 1.165) is 29.7 Å². The Bertz CT molecular complexity index is 488. The fourth-order valence-corrected chi connectivity index (χ4v) is 3.64. The minimum absolute atomic E-state index is 0.747. The van der Waals surface area contributed by atoms with Gasteiger partial charge in [0.1, 0.15) is 5.60 Å². The zero-order valence-corrected chi connectivity index (χ0v) is 9.83. The van der Waals surface area contributed by atoms with E-state index in [4.69, 9.17) is 0 Å². The molecule has 1 heterocycles. The highest BCUT2D eigenvalue weighted by molar-refractivity contribution is 7.10. The molecule has 0 aliphatic heterocycles. The number of hydrogen-bond acceptors (Lipinski definition) is 2. The lowest BCUT2D eigenvalue weighted by Crippen LogP contribution is -2.30. The van der Waals surface area contributed by atoms with Crippen LogP contribution >= 0.6 is 11.3 Å². The van der Waals surface area contributed by atoms with Gasteiger partial charge >= 0.3 is 0 Å². The van der Waals surface area contributed by atoms with E-state index in [0.29, 0.717) is 0 Å². The molecule has 0 radical (unpaired) electrons. The lowest BCUT2D eigenvalue weighted by Gasteiger charge is -2.32. The average molecular weight is 230 g/mol. The SMILES string of the molecule is OC1(c2ccccc2)CCCc2ccsc21. The Hall–Kier alpha value is -1.12. The standard InChI is InChI=1S/C14H14OS/c15-14(12-6-2-1-3-7-12)9-4-5-11-8-10-16-13(11)14/h1-3,6-8,10,15H,4-5,9H2. The van der Waals surface area contributed by atoms with Gasteiger partial charge in [0, 0.05) is 4.88 Å². The smallest absolute Gasteiger partial charge is 0.124 e. The number of hydrogen-bond donors (Lipinski definition) is 1. The van der Waals surface area contributed by atoms with Crippen molar-refractivity contribution in [3.63, 3.8) is 0 Å². The largest absolute Gasteiger partial charge is 0.380 e. The molecule has 1 unspecified atom stereocenters. The van der Waals surface area contributed by atoms with Crippen LogP contribution in [-0.4, -0.2) is 5.11 Å². The molecule has 16 heavy (non-hydrogen) atoms. The van der Waals surface area contributed by atoms with Gasteiger partial charge in [0.15, 0.2) is 0 Å². The summed E-state index contributed by atoms with van der Waals surface area (Å²) >= 11 is 1.68. The van der Waals surface area contributed by atoms with Gasteiger partial charge in [-0.2, -0.15) is 0 Å². The third-order valence-electron chi connectivity index (χ3n) is 3.36. The molecule has 1 aromatic heterocycles. The zero-order chi connectivity index (χ0) is 11.0. The van der Waals surface area contributed by atoms with Crippen molar-refractivity contribution in [2.24, 2.45) is 0 Å². The summed E-state index contributed by atoms with van der Waals surface area (Å²) in [6, 6.07) is 12.2. The Kier molecular flexibility index (Phi) is 2.34. The normalized spacial score (nSPS) is 24.1. The molecular weight excluding hydrogens is 216 g/mol. The molecule has 2 heteroatoms. The Labute approximate surface area is 99.4 Å². The molecule has 82 valence electrons. The zero-order valence-electron chi connectivity index (χ0n) is 9.02. The quantitative estimate of drug-likeness (QED) is 0.796. The summed E-state index contributed by atoms with van der Waals surface area (Å²) in [4.78, 5) is 1.14. The molecule has 0 saturated carbocycles. The van der Waals surface area contributed by atoms with E-state index in [1.807, 2.05) is 30.3 Å². The van der Waals surface area contributed by atoms with E-state index in [-0.39, 0.29) is 0 Å². The third-order valence-corrected chi connectivity index (χ3v) is 4.47. The van der Waals surface area contributed by atoms with Crippen LogP contribution in [0.1, 0.15) is 28.8 Å². The highest BCUT2D eigenvalue weighted by Crippen LogP contribution is 2.43. The molecule has 1 atom stereocenters. The molecule has 1 aliphatic rings. The summed E-state index contributed by atoms with van der Waals surface area (Å²) in [7, 11) is 0. The monoisotopic (exact) mass is 230 g/mol. The summed E-state index contributed by atoms with van der Waals surface area (Å²) in [6.07, 6.45) is 3.01. The Balaban J connectivity index is 2.14. The van der Waals surface area contributed by atoms with Gasteiger partial charge in [-0.05, 0) is 41.8 Å². The van der Waals surface area contributed by atoms with Crippen LogP contribution in [0.15, 0.2) is 41.8 Å². The van der Waals surface area contributed by atoms with Gasteiger partial charge in [-0.15, -0.1) is 11.3 Å². The summed E-state index contributed by atoms with van der Waals surface area (Å²) in [5.74, 6) is 0. The van der Waals surface area contributed by atoms with Crippen molar-refractivity contribution in [3.05, 3.63) is 57.8 Å². The first-order valence-electron chi connectivity index (χ1n) is 5.65. The van der Waals surface area contributed by atoms with E-state index in [1.54, 1.807) is 11.3 Å². The predicted molar refractivity (Wildman–Crippen MR) is 66.7 cm³/mol. The van der Waals surface area contributed by atoms with Gasteiger partial charge in [0.25, 0.3) is 0 Å². The molecule has 1 N–H and O–H groups in total. The van der Waals surface area contributed by atoms with Crippen LogP contribution < -0.4 is 0 Å². The maximum absolute atomic E-state index is 10.9. The molecule has 0 amide bonds. The first-order chi connectivity index (χ1) is 7.81. The Morgan fingerprint density at radius 1 is 1.12 bits per heavy atom. The van der Waals surface area contributed by atoms with Gasteiger partial charge in [0.05, 0.1) is 0 Å². The number of aryl methyl sites for hydroxylation is 1. The van der Waals surface area contributed by atoms with E-state index in [1.165, 1.54) is 5.56 Å². The van der Waals surface area contributed by atoms with Gasteiger partial charge in [-0.3, -0.25) is 0 Å². The van der Waals surface area contributed by atoms with E-state index < -0.39 is 5.60 Å². The van der Waals surface area contributed by atoms with Gasteiger partial charge in [0.2, 0.25) is 0 Å². The highest BCUT2D eigenvalue weighted by Gasteiger charge is 2.36. The van der Waals surface area contributed by atoms with Crippen molar-refractivity contribution in [2.45, 2.75) is 24.9 Å². The van der Waals surface area contributed by atoms with E-state index in [2.05, 4.69) is 11.4 Å². The van der Waals surface area contributed by atoms with E-state index in [9.17, 15) is 5.11 Å². The highest BCUT2D eigenvalue weighted by atomic mass is 32.1. The summed E-state index contributed by atoms with van der Waals surface area (Å²) in [5.41, 5.74) is 1.60. The van der Waals surface area contributed by atoms with Crippen molar-refractivity contribution >= 4 is 11.3 Å². The molecule has 0 saturated heterocycles. The van der Waals surface area contributed by atoms with Gasteiger partial charge in [-0.25, -0.2) is 0 Å². The molecule has 1 nitrogen and oxygen atoms in total. The topological polar surface area (TPSA) is 20.2 Å². The van der Waals surface area contributed by atoms with Crippen molar-refractivity contribution in [3.8, 4) is 0 Å². The van der Waals surface area contributed by atoms with Gasteiger partial charge in [-0.1, -0.05) is 30.3 Å². The molecule has 1 aliphatic carbocycles. The van der Waals surface area contributed by atoms with Crippen LogP contribution in [0.25, 0.3) is 0 Å². The lowest BCUT2D eigenvalue weighted by molar-refractivity contribution is 0.0657. The van der Waals surface area contributed by atoms with Crippen LogP contribution in [0.2, 0.25) is 0 Å². The number of benzene rings is 1. The molecule has 2 aromatic rings. The van der Waals surface area contributed by atoms with Crippen LogP contribution in [0.5, 0.6) is 0 Å². The van der Waals surface area contributed by atoms with Crippen molar-refractivity contribution < 1.29 is 5.11 Å². The maximum Gasteiger partial charge on any atom is 0.124 e. The van der Waals surface area contributed by atoms with Crippen LogP contribution in [-0.2, 0) is 12.0 Å². The lowest BCUT2D eigenvalue weighted by atomic mass is 9.80. The van der Waals surface area contributed by atoms with E-state index >= 15 is 0 Å². The Morgan fingerprint density at radius 3 is 2.75 bits per heavy atom. The fourth-order valence-electron chi connectivity index (χ4n) is 2.53. The average Bonchev–Trinajstić information content (AvgIpc) is 2.80. The minimum atomic E-state index is -0.747. The maximum atomic E-state index is 10.9. The number of rotatable bonds is 1. The minimum Gasteiger partial charge on any atom is -0.380 e. The summed E-state index contributed by atoms with van der Waals surface area (Å²) < 4.78 is 0. The number of thiophene rings is 1. The van der Waals surface area contributed by atoms with Crippen LogP contribution in [0.4, 0.5) is 0 Å². The first kappa shape index (κ1) is 10.1. The molecule has 1 aromatic carbocycles. The Morgan fingerprint density at radius 2 is 1.94 bits per heavy atom. The van der Waals surface area contributed by atoms with Crippen molar-refractivity contribution in [1.82, 2.24) is 0 Å². The molecular formula is C14H14OS. The van der Waals surface area contributed by atoms with Crippen molar-refractivity contribution in [2.75, 3.05) is 0 Å². The third kappa shape index (κ3) is 1.41. The second kappa shape index (κ2) is 3.72. The van der Waals surface area contributed by atoms with Crippen molar-refractivity contribution in [1.29, 1.82) is 0 Å². The molecule has 0 fully saturated rings. The molecule has 0 spiro atoms. The summed E-state index contributed by atoms with van der Waals surface area (Å²) in [6.45, 7) is 0. The first-order valence-corrected chi connectivity index (χ1v) is 6.53. The molecule has 0 bridgehead atoms.